The Labute approximate surface area is 167 Å². The highest BCUT2D eigenvalue weighted by Gasteiger charge is 2.19. The van der Waals surface area contributed by atoms with Crippen molar-refractivity contribution in [3.8, 4) is 10.6 Å². The molecule has 1 aliphatic rings. The van der Waals surface area contributed by atoms with E-state index in [0.717, 1.165) is 49.1 Å². The molecule has 1 fully saturated rings. The fourth-order valence-electron chi connectivity index (χ4n) is 3.17. The first-order valence-corrected chi connectivity index (χ1v) is 10.2. The molecule has 0 N–H and O–H groups in total. The second-order valence-corrected chi connectivity index (χ2v) is 8.04. The van der Waals surface area contributed by atoms with Gasteiger partial charge in [0.1, 0.15) is 5.01 Å². The molecule has 0 unspecified atom stereocenters. The Morgan fingerprint density at radius 1 is 0.923 bits per heavy atom. The number of thiazole rings is 1. The van der Waals surface area contributed by atoms with Gasteiger partial charge in [-0.05, 0) is 18.2 Å². The zero-order valence-electron chi connectivity index (χ0n) is 14.2. The van der Waals surface area contributed by atoms with E-state index in [4.69, 9.17) is 28.2 Å². The molecule has 0 aliphatic carbocycles. The maximum Gasteiger partial charge on any atom is 0.123 e. The summed E-state index contributed by atoms with van der Waals surface area (Å²) in [4.78, 5) is 9.62. The van der Waals surface area contributed by atoms with Crippen molar-refractivity contribution in [2.45, 2.75) is 6.54 Å². The summed E-state index contributed by atoms with van der Waals surface area (Å²) in [5.41, 5.74) is 3.48. The molecule has 1 aromatic heterocycles. The minimum absolute atomic E-state index is 0.604. The van der Waals surface area contributed by atoms with Crippen molar-refractivity contribution in [1.82, 2.24) is 9.88 Å². The predicted molar refractivity (Wildman–Crippen MR) is 112 cm³/mol. The van der Waals surface area contributed by atoms with Crippen LogP contribution >= 0.6 is 34.5 Å². The Bertz CT molecular complexity index is 874. The highest BCUT2D eigenvalue weighted by Crippen LogP contribution is 2.28. The highest BCUT2D eigenvalue weighted by atomic mass is 35.5. The van der Waals surface area contributed by atoms with Gasteiger partial charge in [0.2, 0.25) is 0 Å². The summed E-state index contributed by atoms with van der Waals surface area (Å²) in [6.45, 7) is 4.89. The van der Waals surface area contributed by atoms with Crippen molar-refractivity contribution in [2.24, 2.45) is 0 Å². The van der Waals surface area contributed by atoms with E-state index in [1.54, 1.807) is 11.3 Å². The van der Waals surface area contributed by atoms with Crippen LogP contribution in [0, 0.1) is 0 Å². The first kappa shape index (κ1) is 17.8. The molecule has 0 spiro atoms. The molecule has 4 rings (SSSR count). The van der Waals surface area contributed by atoms with E-state index in [9.17, 15) is 0 Å². The third-order valence-electron chi connectivity index (χ3n) is 4.60. The molecular formula is C20H19Cl2N3S. The number of hydrogen-bond donors (Lipinski definition) is 0. The largest absolute Gasteiger partial charge is 0.369 e. The van der Waals surface area contributed by atoms with Gasteiger partial charge in [-0.1, -0.05) is 53.5 Å². The Hall–Kier alpha value is -1.59. The average Bonchev–Trinajstić information content (AvgIpc) is 3.14. The second-order valence-electron chi connectivity index (χ2n) is 6.37. The number of aromatic nitrogens is 1. The van der Waals surface area contributed by atoms with Gasteiger partial charge in [0.25, 0.3) is 0 Å². The molecule has 0 saturated carbocycles. The molecule has 134 valence electrons. The quantitative estimate of drug-likeness (QED) is 0.577. The number of hydrogen-bond acceptors (Lipinski definition) is 4. The van der Waals surface area contributed by atoms with Gasteiger partial charge in [0.05, 0.1) is 15.7 Å². The van der Waals surface area contributed by atoms with E-state index in [1.807, 2.05) is 24.3 Å². The van der Waals surface area contributed by atoms with Crippen LogP contribution in [0.5, 0.6) is 0 Å². The monoisotopic (exact) mass is 403 g/mol. The lowest BCUT2D eigenvalue weighted by Gasteiger charge is -2.35. The molecule has 0 bridgehead atoms. The molecule has 1 saturated heterocycles. The first-order chi connectivity index (χ1) is 12.7. The molecule has 2 heterocycles. The summed E-state index contributed by atoms with van der Waals surface area (Å²) in [6, 6.07) is 16.2. The van der Waals surface area contributed by atoms with Gasteiger partial charge in [-0.25, -0.2) is 4.98 Å². The van der Waals surface area contributed by atoms with Crippen LogP contribution < -0.4 is 4.90 Å². The zero-order chi connectivity index (χ0) is 17.9. The molecule has 3 aromatic rings. The van der Waals surface area contributed by atoms with Crippen LogP contribution in [0.1, 0.15) is 5.69 Å². The molecule has 2 aromatic carbocycles. The van der Waals surface area contributed by atoms with E-state index >= 15 is 0 Å². The van der Waals surface area contributed by atoms with Crippen molar-refractivity contribution in [3.05, 3.63) is 69.7 Å². The lowest BCUT2D eigenvalue weighted by Crippen LogP contribution is -2.46. The minimum Gasteiger partial charge on any atom is -0.369 e. The van der Waals surface area contributed by atoms with Gasteiger partial charge in [-0.2, -0.15) is 0 Å². The zero-order valence-corrected chi connectivity index (χ0v) is 16.6. The number of halogens is 2. The van der Waals surface area contributed by atoms with Crippen molar-refractivity contribution < 1.29 is 0 Å². The van der Waals surface area contributed by atoms with Gasteiger partial charge in [0, 0.05) is 49.4 Å². The van der Waals surface area contributed by atoms with E-state index in [1.165, 1.54) is 5.56 Å². The first-order valence-electron chi connectivity index (χ1n) is 8.61. The minimum atomic E-state index is 0.604. The number of piperazine rings is 1. The number of nitrogens with zero attached hydrogens (tertiary/aromatic N) is 3. The van der Waals surface area contributed by atoms with Crippen LogP contribution in [0.2, 0.25) is 10.0 Å². The summed E-state index contributed by atoms with van der Waals surface area (Å²) in [6.07, 6.45) is 0. The SMILES string of the molecule is Clc1ccc(N2CCN(Cc3csc(-c4ccccc4)n3)CC2)cc1Cl. The van der Waals surface area contributed by atoms with Crippen molar-refractivity contribution in [2.75, 3.05) is 31.1 Å². The fraction of sp³-hybridized carbons (Fsp3) is 0.250. The molecule has 0 atom stereocenters. The van der Waals surface area contributed by atoms with Gasteiger partial charge < -0.3 is 4.90 Å². The van der Waals surface area contributed by atoms with E-state index in [-0.39, 0.29) is 0 Å². The third-order valence-corrected chi connectivity index (χ3v) is 6.28. The van der Waals surface area contributed by atoms with E-state index in [0.29, 0.717) is 10.0 Å². The fourth-order valence-corrected chi connectivity index (χ4v) is 4.28. The average molecular weight is 404 g/mol. The molecule has 0 radical (unpaired) electrons. The van der Waals surface area contributed by atoms with Gasteiger partial charge >= 0.3 is 0 Å². The molecule has 3 nitrogen and oxygen atoms in total. The molecule has 26 heavy (non-hydrogen) atoms. The van der Waals surface area contributed by atoms with Crippen LogP contribution in [0.15, 0.2) is 53.9 Å². The van der Waals surface area contributed by atoms with Crippen molar-refractivity contribution in [3.63, 3.8) is 0 Å². The Morgan fingerprint density at radius 2 is 1.69 bits per heavy atom. The summed E-state index contributed by atoms with van der Waals surface area (Å²) in [5, 5.41) is 4.48. The lowest BCUT2D eigenvalue weighted by molar-refractivity contribution is 0.247. The lowest BCUT2D eigenvalue weighted by atomic mass is 10.2. The Kier molecular flexibility index (Phi) is 5.46. The third kappa shape index (κ3) is 4.04. The van der Waals surface area contributed by atoms with Gasteiger partial charge in [0.15, 0.2) is 0 Å². The van der Waals surface area contributed by atoms with Crippen LogP contribution in [-0.2, 0) is 6.54 Å². The van der Waals surface area contributed by atoms with Crippen molar-refractivity contribution in [1.29, 1.82) is 0 Å². The maximum atomic E-state index is 6.15. The Balaban J connectivity index is 1.35. The number of rotatable bonds is 4. The predicted octanol–water partition coefficient (Wildman–Crippen LogP) is 5.44. The second kappa shape index (κ2) is 7.97. The summed E-state index contributed by atoms with van der Waals surface area (Å²) >= 11 is 13.9. The summed E-state index contributed by atoms with van der Waals surface area (Å²) < 4.78 is 0. The maximum absolute atomic E-state index is 6.15. The van der Waals surface area contributed by atoms with Crippen molar-refractivity contribution >= 4 is 40.2 Å². The van der Waals surface area contributed by atoms with Crippen LogP contribution in [0.3, 0.4) is 0 Å². The van der Waals surface area contributed by atoms with E-state index < -0.39 is 0 Å². The topological polar surface area (TPSA) is 19.4 Å². The smallest absolute Gasteiger partial charge is 0.123 e. The standard InChI is InChI=1S/C20H19Cl2N3S/c21-18-7-6-17(12-19(18)22)25-10-8-24(9-11-25)13-16-14-26-20(23-16)15-4-2-1-3-5-15/h1-7,12,14H,8-11,13H2. The van der Waals surface area contributed by atoms with Crippen LogP contribution in [0.25, 0.3) is 10.6 Å². The normalized spacial score (nSPS) is 15.4. The van der Waals surface area contributed by atoms with Crippen LogP contribution in [-0.4, -0.2) is 36.1 Å². The summed E-state index contributed by atoms with van der Waals surface area (Å²) in [7, 11) is 0. The van der Waals surface area contributed by atoms with Gasteiger partial charge in [-0.3, -0.25) is 4.90 Å². The molecule has 1 aliphatic heterocycles. The Morgan fingerprint density at radius 3 is 2.42 bits per heavy atom. The molecular weight excluding hydrogens is 385 g/mol. The molecule has 0 amide bonds. The van der Waals surface area contributed by atoms with Crippen LogP contribution in [0.4, 0.5) is 5.69 Å². The summed E-state index contributed by atoms with van der Waals surface area (Å²) in [5.74, 6) is 0. The highest BCUT2D eigenvalue weighted by molar-refractivity contribution is 7.13. The number of anilines is 1. The van der Waals surface area contributed by atoms with Gasteiger partial charge in [-0.15, -0.1) is 11.3 Å². The number of benzene rings is 2. The molecule has 6 heteroatoms. The van der Waals surface area contributed by atoms with E-state index in [2.05, 4.69) is 39.4 Å².